The molecule has 0 aromatic carbocycles. The Morgan fingerprint density at radius 3 is 2.15 bits per heavy atom. The Kier molecular flexibility index (Phi) is 4.56. The quantitative estimate of drug-likeness (QED) is 0.824. The van der Waals surface area contributed by atoms with Gasteiger partial charge in [-0.15, -0.1) is 10.2 Å². The number of aromatic nitrogens is 2. The summed E-state index contributed by atoms with van der Waals surface area (Å²) < 4.78 is 0. The molecule has 1 unspecified atom stereocenters. The predicted molar refractivity (Wildman–Crippen MR) is 105 cm³/mol. The molecule has 27 heavy (non-hydrogen) atoms. The van der Waals surface area contributed by atoms with Crippen molar-refractivity contribution in [1.82, 2.24) is 15.5 Å². The van der Waals surface area contributed by atoms with Crippen LogP contribution in [0.25, 0.3) is 0 Å². The first-order valence-electron chi connectivity index (χ1n) is 10.1. The highest BCUT2D eigenvalue weighted by Crippen LogP contribution is 2.61. The monoisotopic (exact) mass is 390 g/mol. The van der Waals surface area contributed by atoms with Crippen LogP contribution in [0.3, 0.4) is 0 Å². The van der Waals surface area contributed by atoms with E-state index < -0.39 is 11.5 Å². The van der Waals surface area contributed by atoms with E-state index in [0.29, 0.717) is 5.13 Å². The number of carbonyl (C=O) groups is 2. The minimum atomic E-state index is -0.608. The van der Waals surface area contributed by atoms with E-state index >= 15 is 0 Å². The van der Waals surface area contributed by atoms with Crippen LogP contribution in [0, 0.1) is 23.2 Å². The maximum atomic E-state index is 12.4. The van der Waals surface area contributed by atoms with Gasteiger partial charge in [-0.2, -0.15) is 0 Å². The van der Waals surface area contributed by atoms with Gasteiger partial charge in [0.1, 0.15) is 11.0 Å². The summed E-state index contributed by atoms with van der Waals surface area (Å²) in [4.78, 5) is 24.5. The third-order valence-electron chi connectivity index (χ3n) is 6.57. The Morgan fingerprint density at radius 1 is 1.07 bits per heavy atom. The average molecular weight is 391 g/mol. The van der Waals surface area contributed by atoms with Gasteiger partial charge in [0.05, 0.1) is 0 Å². The molecule has 0 saturated heterocycles. The molecule has 1 heterocycles. The lowest BCUT2D eigenvalue weighted by molar-refractivity contribution is -0.131. The van der Waals surface area contributed by atoms with E-state index in [2.05, 4.69) is 20.8 Å². The van der Waals surface area contributed by atoms with Gasteiger partial charge in [0.15, 0.2) is 0 Å². The molecule has 4 fully saturated rings. The van der Waals surface area contributed by atoms with Gasteiger partial charge in [-0.1, -0.05) is 32.1 Å². The largest absolute Gasteiger partial charge is 0.344 e. The molecule has 148 valence electrons. The lowest BCUT2D eigenvalue weighted by atomic mass is 9.50. The number of hydrogen-bond donors (Lipinski definition) is 2. The third-order valence-corrected chi connectivity index (χ3v) is 7.65. The molecule has 2 N–H and O–H groups in total. The Bertz CT molecular complexity index is 716. The fraction of sp³-hybridized carbons (Fsp3) is 0.800. The van der Waals surface area contributed by atoms with Crippen LogP contribution in [0.15, 0.2) is 0 Å². The topological polar surface area (TPSA) is 84.0 Å². The second kappa shape index (κ2) is 6.54. The highest BCUT2D eigenvalue weighted by molar-refractivity contribution is 7.15. The standard InChI is InChI=1S/C20H30N4O2S/c1-11(21-16(26)19(2,3)4)15(25)22-18-24-23-17(27-18)20-8-12-5-13(9-20)7-14(6-12)10-20/h11-14H,5-10H2,1-4H3,(H,21,26)(H,22,24,25). The van der Waals surface area contributed by atoms with Crippen LogP contribution in [0.2, 0.25) is 0 Å². The first-order valence-corrected chi connectivity index (χ1v) is 10.9. The minimum absolute atomic E-state index is 0.142. The van der Waals surface area contributed by atoms with Gasteiger partial charge >= 0.3 is 0 Å². The van der Waals surface area contributed by atoms with Crippen molar-refractivity contribution in [3.8, 4) is 0 Å². The van der Waals surface area contributed by atoms with Gasteiger partial charge in [-0.25, -0.2) is 0 Å². The zero-order valence-electron chi connectivity index (χ0n) is 16.7. The van der Waals surface area contributed by atoms with Crippen LogP contribution in [-0.2, 0) is 15.0 Å². The van der Waals surface area contributed by atoms with Gasteiger partial charge in [0.2, 0.25) is 16.9 Å². The second-order valence-corrected chi connectivity index (χ2v) is 11.0. The highest BCUT2D eigenvalue weighted by atomic mass is 32.1. The molecule has 6 nitrogen and oxygen atoms in total. The maximum absolute atomic E-state index is 12.4. The summed E-state index contributed by atoms with van der Waals surface area (Å²) in [6.07, 6.45) is 7.89. The van der Waals surface area contributed by atoms with Gasteiger partial charge in [-0.3, -0.25) is 14.9 Å². The van der Waals surface area contributed by atoms with Crippen LogP contribution >= 0.6 is 11.3 Å². The molecule has 4 bridgehead atoms. The molecule has 0 aliphatic heterocycles. The van der Waals surface area contributed by atoms with E-state index in [-0.39, 0.29) is 17.2 Å². The van der Waals surface area contributed by atoms with Crippen molar-refractivity contribution in [2.24, 2.45) is 23.2 Å². The first-order chi connectivity index (χ1) is 12.6. The Balaban J connectivity index is 1.41. The SMILES string of the molecule is CC(NC(=O)C(C)(C)C)C(=O)Nc1nnc(C23CC4CC(CC(C4)C2)C3)s1. The molecule has 7 heteroatoms. The van der Waals surface area contributed by atoms with Gasteiger partial charge in [-0.05, 0) is 63.2 Å². The van der Waals surface area contributed by atoms with E-state index in [0.717, 1.165) is 22.8 Å². The summed E-state index contributed by atoms with van der Waals surface area (Å²) >= 11 is 1.52. The second-order valence-electron chi connectivity index (χ2n) is 10.0. The first kappa shape index (κ1) is 18.8. The number of nitrogens with one attached hydrogen (secondary N) is 2. The highest BCUT2D eigenvalue weighted by Gasteiger charge is 2.53. The van der Waals surface area contributed by atoms with E-state index in [9.17, 15) is 9.59 Å². The van der Waals surface area contributed by atoms with Crippen LogP contribution in [0.1, 0.15) is 71.2 Å². The predicted octanol–water partition coefficient (Wildman–Crippen LogP) is 3.50. The van der Waals surface area contributed by atoms with E-state index in [1.807, 2.05) is 20.8 Å². The summed E-state index contributed by atoms with van der Waals surface area (Å²) in [6, 6.07) is -0.608. The summed E-state index contributed by atoms with van der Waals surface area (Å²) in [6.45, 7) is 7.18. The van der Waals surface area contributed by atoms with Crippen molar-refractivity contribution in [2.45, 2.75) is 77.7 Å². The zero-order valence-corrected chi connectivity index (χ0v) is 17.5. The molecule has 4 aliphatic rings. The van der Waals surface area contributed by atoms with Crippen molar-refractivity contribution in [3.05, 3.63) is 5.01 Å². The van der Waals surface area contributed by atoms with Crippen LogP contribution in [-0.4, -0.2) is 28.1 Å². The average Bonchev–Trinajstić information content (AvgIpc) is 3.02. The minimum Gasteiger partial charge on any atom is -0.344 e. The normalized spacial score (nSPS) is 33.0. The number of anilines is 1. The van der Waals surface area contributed by atoms with Gasteiger partial charge < -0.3 is 5.32 Å². The van der Waals surface area contributed by atoms with Crippen molar-refractivity contribution >= 4 is 28.3 Å². The lowest BCUT2D eigenvalue weighted by Gasteiger charge is -2.55. The number of hydrogen-bond acceptors (Lipinski definition) is 5. The maximum Gasteiger partial charge on any atom is 0.248 e. The molecule has 4 aliphatic carbocycles. The van der Waals surface area contributed by atoms with Crippen molar-refractivity contribution < 1.29 is 9.59 Å². The Morgan fingerprint density at radius 2 is 1.63 bits per heavy atom. The zero-order chi connectivity index (χ0) is 19.4. The number of nitrogens with zero attached hydrogens (tertiary/aromatic N) is 2. The van der Waals surface area contributed by atoms with E-state index in [1.54, 1.807) is 6.92 Å². The molecule has 1 aromatic heterocycles. The molecular formula is C20H30N4O2S. The molecule has 0 radical (unpaired) electrons. The number of amides is 2. The smallest absolute Gasteiger partial charge is 0.248 e. The van der Waals surface area contributed by atoms with Gasteiger partial charge in [0.25, 0.3) is 0 Å². The van der Waals surface area contributed by atoms with E-state index in [1.165, 1.54) is 49.9 Å². The summed E-state index contributed by atoms with van der Waals surface area (Å²) in [5.74, 6) is 2.17. The summed E-state index contributed by atoms with van der Waals surface area (Å²) in [5, 5.41) is 16.0. The third kappa shape index (κ3) is 3.62. The molecule has 0 spiro atoms. The van der Waals surface area contributed by atoms with Crippen molar-refractivity contribution in [1.29, 1.82) is 0 Å². The van der Waals surface area contributed by atoms with Crippen molar-refractivity contribution in [3.63, 3.8) is 0 Å². The Hall–Kier alpha value is -1.50. The molecule has 2 amide bonds. The molecular weight excluding hydrogens is 360 g/mol. The fourth-order valence-corrected chi connectivity index (χ4v) is 6.52. The van der Waals surface area contributed by atoms with Crippen LogP contribution in [0.4, 0.5) is 5.13 Å². The molecule has 1 atom stereocenters. The van der Waals surface area contributed by atoms with Crippen LogP contribution < -0.4 is 10.6 Å². The van der Waals surface area contributed by atoms with Crippen molar-refractivity contribution in [2.75, 3.05) is 5.32 Å². The van der Waals surface area contributed by atoms with Gasteiger partial charge in [0, 0.05) is 10.8 Å². The van der Waals surface area contributed by atoms with Crippen LogP contribution in [0.5, 0.6) is 0 Å². The Labute approximate surface area is 164 Å². The fourth-order valence-electron chi connectivity index (χ4n) is 5.55. The van der Waals surface area contributed by atoms with E-state index in [4.69, 9.17) is 0 Å². The lowest BCUT2D eigenvalue weighted by Crippen LogP contribution is -2.48. The summed E-state index contributed by atoms with van der Waals surface area (Å²) in [5.41, 5.74) is -0.329. The number of rotatable bonds is 4. The molecule has 4 saturated carbocycles. The number of carbonyl (C=O) groups excluding carboxylic acids is 2. The molecule has 5 rings (SSSR count). The molecule has 1 aromatic rings. The summed E-state index contributed by atoms with van der Waals surface area (Å²) in [7, 11) is 0.